The van der Waals surface area contributed by atoms with Crippen molar-refractivity contribution in [2.45, 2.75) is 51.0 Å². The SMILES string of the molecule is CC(C)[C@](O)(C(=O)OCC1=CCN2CC[C@@H](O)[C@@H]12)[C@H](C)OC(=O)c1ccccc1. The van der Waals surface area contributed by atoms with Gasteiger partial charge in [0.05, 0.1) is 17.7 Å². The van der Waals surface area contributed by atoms with E-state index in [4.69, 9.17) is 9.47 Å². The Bertz CT molecular complexity index is 777. The molecule has 1 saturated heterocycles. The van der Waals surface area contributed by atoms with E-state index in [1.54, 1.807) is 44.2 Å². The van der Waals surface area contributed by atoms with Crippen molar-refractivity contribution >= 4 is 11.9 Å². The molecule has 0 amide bonds. The molecule has 0 aromatic heterocycles. The Labute approximate surface area is 170 Å². The van der Waals surface area contributed by atoms with Crippen LogP contribution in [0, 0.1) is 5.92 Å². The lowest BCUT2D eigenvalue weighted by molar-refractivity contribution is -0.184. The molecule has 2 heterocycles. The van der Waals surface area contributed by atoms with Crippen LogP contribution in [0.2, 0.25) is 0 Å². The van der Waals surface area contributed by atoms with Gasteiger partial charge in [0.2, 0.25) is 5.60 Å². The van der Waals surface area contributed by atoms with Crippen molar-refractivity contribution in [2.75, 3.05) is 19.7 Å². The fourth-order valence-electron chi connectivity index (χ4n) is 4.05. The van der Waals surface area contributed by atoms with Crippen LogP contribution in [0.15, 0.2) is 42.0 Å². The minimum Gasteiger partial charge on any atom is -0.459 e. The molecule has 0 spiro atoms. The number of fused-ring (bicyclic) bond motifs is 1. The van der Waals surface area contributed by atoms with E-state index < -0.39 is 35.7 Å². The number of carbonyl (C=O) groups is 2. The highest BCUT2D eigenvalue weighted by atomic mass is 16.6. The summed E-state index contributed by atoms with van der Waals surface area (Å²) in [6.07, 6.45) is 1.07. The van der Waals surface area contributed by atoms with Crippen molar-refractivity contribution in [3.05, 3.63) is 47.5 Å². The third-order valence-corrected chi connectivity index (χ3v) is 5.93. The van der Waals surface area contributed by atoms with Gasteiger partial charge in [-0.15, -0.1) is 0 Å². The predicted octanol–water partition coefficient (Wildman–Crippen LogP) is 1.54. The van der Waals surface area contributed by atoms with Gasteiger partial charge in [0.25, 0.3) is 0 Å². The van der Waals surface area contributed by atoms with Gasteiger partial charge in [0.1, 0.15) is 12.7 Å². The fraction of sp³-hybridized carbons (Fsp3) is 0.545. The molecular weight excluding hydrogens is 374 g/mol. The number of carbonyl (C=O) groups excluding carboxylic acids is 2. The van der Waals surface area contributed by atoms with Crippen LogP contribution in [0.3, 0.4) is 0 Å². The van der Waals surface area contributed by atoms with E-state index in [9.17, 15) is 19.8 Å². The molecule has 0 radical (unpaired) electrons. The summed E-state index contributed by atoms with van der Waals surface area (Å²) in [4.78, 5) is 27.3. The Kier molecular flexibility index (Phi) is 6.41. The summed E-state index contributed by atoms with van der Waals surface area (Å²) in [5, 5.41) is 21.3. The highest BCUT2D eigenvalue weighted by molar-refractivity contribution is 5.90. The van der Waals surface area contributed by atoms with Crippen molar-refractivity contribution in [3.63, 3.8) is 0 Å². The van der Waals surface area contributed by atoms with Gasteiger partial charge >= 0.3 is 11.9 Å². The van der Waals surface area contributed by atoms with Crippen LogP contribution < -0.4 is 0 Å². The summed E-state index contributed by atoms with van der Waals surface area (Å²) in [5.41, 5.74) is -0.814. The van der Waals surface area contributed by atoms with Gasteiger partial charge in [-0.2, -0.15) is 0 Å². The Morgan fingerprint density at radius 2 is 1.93 bits per heavy atom. The third kappa shape index (κ3) is 4.22. The van der Waals surface area contributed by atoms with Gasteiger partial charge in [-0.05, 0) is 37.0 Å². The maximum atomic E-state index is 12.8. The number of aliphatic hydroxyl groups excluding tert-OH is 1. The van der Waals surface area contributed by atoms with E-state index in [-0.39, 0.29) is 12.6 Å². The number of rotatable bonds is 7. The van der Waals surface area contributed by atoms with E-state index in [0.717, 1.165) is 12.1 Å². The zero-order chi connectivity index (χ0) is 21.2. The number of nitrogens with zero attached hydrogens (tertiary/aromatic N) is 1. The second kappa shape index (κ2) is 8.65. The van der Waals surface area contributed by atoms with Gasteiger partial charge in [-0.1, -0.05) is 38.1 Å². The van der Waals surface area contributed by atoms with E-state index in [1.807, 2.05) is 6.08 Å². The maximum Gasteiger partial charge on any atom is 0.342 e. The van der Waals surface area contributed by atoms with Crippen LogP contribution in [-0.4, -0.2) is 70.6 Å². The second-order valence-corrected chi connectivity index (χ2v) is 8.04. The summed E-state index contributed by atoms with van der Waals surface area (Å²) in [7, 11) is 0. The highest BCUT2D eigenvalue weighted by Crippen LogP contribution is 2.31. The quantitative estimate of drug-likeness (QED) is 0.527. The minimum atomic E-state index is -1.99. The Morgan fingerprint density at radius 3 is 2.59 bits per heavy atom. The van der Waals surface area contributed by atoms with Crippen LogP contribution in [0.25, 0.3) is 0 Å². The summed E-state index contributed by atoms with van der Waals surface area (Å²) in [6, 6.07) is 8.27. The lowest BCUT2D eigenvalue weighted by Gasteiger charge is -2.34. The average molecular weight is 403 g/mol. The molecule has 7 nitrogen and oxygen atoms in total. The molecule has 2 aliphatic rings. The summed E-state index contributed by atoms with van der Waals surface area (Å²) in [5.74, 6) is -2.00. The molecule has 2 N–H and O–H groups in total. The van der Waals surface area contributed by atoms with Gasteiger partial charge in [0.15, 0.2) is 0 Å². The van der Waals surface area contributed by atoms with Gasteiger partial charge < -0.3 is 19.7 Å². The summed E-state index contributed by atoms with van der Waals surface area (Å²) in [6.45, 7) is 6.35. The zero-order valence-electron chi connectivity index (χ0n) is 17.1. The maximum absolute atomic E-state index is 12.8. The van der Waals surface area contributed by atoms with Crippen molar-refractivity contribution in [1.82, 2.24) is 4.90 Å². The molecule has 3 rings (SSSR count). The molecule has 7 heteroatoms. The molecule has 0 aliphatic carbocycles. The highest BCUT2D eigenvalue weighted by Gasteiger charge is 2.49. The van der Waals surface area contributed by atoms with E-state index in [0.29, 0.717) is 18.5 Å². The van der Waals surface area contributed by atoms with Gasteiger partial charge in [-0.3, -0.25) is 4.90 Å². The third-order valence-electron chi connectivity index (χ3n) is 5.93. The largest absolute Gasteiger partial charge is 0.459 e. The molecule has 0 saturated carbocycles. The molecule has 29 heavy (non-hydrogen) atoms. The lowest BCUT2D eigenvalue weighted by atomic mass is 9.85. The van der Waals surface area contributed by atoms with Crippen molar-refractivity contribution in [3.8, 4) is 0 Å². The van der Waals surface area contributed by atoms with E-state index in [2.05, 4.69) is 4.90 Å². The molecule has 1 fully saturated rings. The normalized spacial score (nSPS) is 24.6. The number of ether oxygens (including phenoxy) is 2. The monoisotopic (exact) mass is 403 g/mol. The van der Waals surface area contributed by atoms with Crippen molar-refractivity contribution in [2.24, 2.45) is 5.92 Å². The second-order valence-electron chi connectivity index (χ2n) is 8.04. The van der Waals surface area contributed by atoms with Crippen LogP contribution in [0.1, 0.15) is 37.6 Å². The number of hydrogen-bond donors (Lipinski definition) is 2. The molecule has 1 aromatic rings. The Morgan fingerprint density at radius 1 is 1.24 bits per heavy atom. The standard InChI is InChI=1S/C22H29NO6/c1-14(2)22(27,15(3)29-20(25)16-7-5-4-6-8-16)21(26)28-13-17-9-11-23-12-10-18(24)19(17)23/h4-9,14-15,18-19,24,27H,10-13H2,1-3H3/t15-,18+,19+,22+/m0/s1. The van der Waals surface area contributed by atoms with Gasteiger partial charge in [-0.25, -0.2) is 9.59 Å². The van der Waals surface area contributed by atoms with E-state index >= 15 is 0 Å². The number of esters is 2. The first-order valence-electron chi connectivity index (χ1n) is 10.0. The first kappa shape index (κ1) is 21.5. The van der Waals surface area contributed by atoms with Crippen LogP contribution in [-0.2, 0) is 14.3 Å². The molecule has 1 aromatic carbocycles. The topological polar surface area (TPSA) is 96.3 Å². The molecular formula is C22H29NO6. The molecule has 0 unspecified atom stereocenters. The first-order valence-corrected chi connectivity index (χ1v) is 10.0. The first-order chi connectivity index (χ1) is 13.7. The number of aliphatic hydroxyl groups is 2. The molecule has 2 aliphatic heterocycles. The Balaban J connectivity index is 1.65. The number of hydrogen-bond acceptors (Lipinski definition) is 7. The lowest BCUT2D eigenvalue weighted by Crippen LogP contribution is -2.55. The molecule has 4 atom stereocenters. The fourth-order valence-corrected chi connectivity index (χ4v) is 4.05. The van der Waals surface area contributed by atoms with Crippen LogP contribution >= 0.6 is 0 Å². The Hall–Kier alpha value is -2.22. The van der Waals surface area contributed by atoms with Crippen LogP contribution in [0.4, 0.5) is 0 Å². The predicted molar refractivity (Wildman–Crippen MR) is 106 cm³/mol. The van der Waals surface area contributed by atoms with Crippen molar-refractivity contribution in [1.29, 1.82) is 0 Å². The zero-order valence-corrected chi connectivity index (χ0v) is 17.1. The van der Waals surface area contributed by atoms with E-state index in [1.165, 1.54) is 6.92 Å². The molecule has 0 bridgehead atoms. The summed E-state index contributed by atoms with van der Waals surface area (Å²) < 4.78 is 10.8. The minimum absolute atomic E-state index is 0.00849. The number of benzene rings is 1. The molecule has 158 valence electrons. The van der Waals surface area contributed by atoms with Gasteiger partial charge in [0, 0.05) is 13.1 Å². The van der Waals surface area contributed by atoms with Crippen LogP contribution in [0.5, 0.6) is 0 Å². The van der Waals surface area contributed by atoms with Crippen molar-refractivity contribution < 1.29 is 29.3 Å². The smallest absolute Gasteiger partial charge is 0.342 e. The summed E-state index contributed by atoms with van der Waals surface area (Å²) >= 11 is 0. The average Bonchev–Trinajstić information content (AvgIpc) is 3.28.